The molecule has 1 fully saturated rings. The lowest BCUT2D eigenvalue weighted by atomic mass is 10.0. The molecule has 0 aliphatic carbocycles. The highest BCUT2D eigenvalue weighted by Crippen LogP contribution is 2.23. The molecule has 2 heteroatoms. The number of piperidine rings is 1. The fraction of sp³-hybridized carbons (Fsp3) is 0.571. The first kappa shape index (κ1) is 11.6. The lowest BCUT2D eigenvalue weighted by Crippen LogP contribution is -2.42. The van der Waals surface area contributed by atoms with E-state index in [4.69, 9.17) is 0 Å². The summed E-state index contributed by atoms with van der Waals surface area (Å²) in [7, 11) is 2.26. The first-order valence-electron chi connectivity index (χ1n) is 6.26. The number of rotatable bonds is 3. The van der Waals surface area contributed by atoms with Gasteiger partial charge in [0.25, 0.3) is 0 Å². The van der Waals surface area contributed by atoms with Gasteiger partial charge in [-0.05, 0) is 45.5 Å². The third-order valence-corrected chi connectivity index (χ3v) is 3.78. The van der Waals surface area contributed by atoms with Crippen LogP contribution < -0.4 is 5.32 Å². The van der Waals surface area contributed by atoms with E-state index in [1.807, 2.05) is 0 Å². The molecule has 1 aliphatic rings. The van der Waals surface area contributed by atoms with Crippen LogP contribution in [0.25, 0.3) is 0 Å². The molecule has 0 aromatic heterocycles. The Labute approximate surface area is 98.7 Å². The molecule has 2 rings (SSSR count). The molecule has 1 saturated heterocycles. The molecule has 1 aromatic carbocycles. The van der Waals surface area contributed by atoms with E-state index in [1.165, 1.54) is 18.4 Å². The number of nitrogens with zero attached hydrogens (tertiary/aromatic N) is 1. The maximum absolute atomic E-state index is 3.42. The minimum Gasteiger partial charge on any atom is -0.317 e. The van der Waals surface area contributed by atoms with E-state index >= 15 is 0 Å². The summed E-state index contributed by atoms with van der Waals surface area (Å²) in [6.45, 7) is 4.63. The minimum absolute atomic E-state index is 0.518. The van der Waals surface area contributed by atoms with Crippen molar-refractivity contribution in [3.05, 3.63) is 35.9 Å². The number of hydrogen-bond acceptors (Lipinski definition) is 2. The average Bonchev–Trinajstić information content (AvgIpc) is 2.39. The normalized spacial score (nSPS) is 19.9. The second-order valence-corrected chi connectivity index (χ2v) is 4.73. The number of nitrogens with one attached hydrogen (secondary N) is 1. The monoisotopic (exact) mass is 218 g/mol. The first-order valence-corrected chi connectivity index (χ1v) is 6.26. The zero-order valence-electron chi connectivity index (χ0n) is 10.3. The lowest BCUT2D eigenvalue weighted by Gasteiger charge is -2.36. The predicted octanol–water partition coefficient (Wildman–Crippen LogP) is 2.43. The van der Waals surface area contributed by atoms with Crippen LogP contribution in [0.4, 0.5) is 0 Å². The second-order valence-electron chi connectivity index (χ2n) is 4.73. The van der Waals surface area contributed by atoms with Crippen LogP contribution in [0.2, 0.25) is 0 Å². The molecular formula is C14H22N2. The van der Waals surface area contributed by atoms with Gasteiger partial charge in [-0.3, -0.25) is 4.90 Å². The van der Waals surface area contributed by atoms with Crippen molar-refractivity contribution in [2.75, 3.05) is 20.1 Å². The molecule has 1 aliphatic heterocycles. The van der Waals surface area contributed by atoms with E-state index in [-0.39, 0.29) is 0 Å². The van der Waals surface area contributed by atoms with Gasteiger partial charge < -0.3 is 5.32 Å². The van der Waals surface area contributed by atoms with Gasteiger partial charge in [0.2, 0.25) is 0 Å². The Morgan fingerprint density at radius 2 is 1.81 bits per heavy atom. The summed E-state index contributed by atoms with van der Waals surface area (Å²) >= 11 is 0. The fourth-order valence-electron chi connectivity index (χ4n) is 2.50. The van der Waals surface area contributed by atoms with Gasteiger partial charge in [-0.25, -0.2) is 0 Å². The Hall–Kier alpha value is -0.860. The van der Waals surface area contributed by atoms with Gasteiger partial charge in [0.1, 0.15) is 0 Å². The highest BCUT2D eigenvalue weighted by molar-refractivity contribution is 5.18. The molecule has 1 unspecified atom stereocenters. The van der Waals surface area contributed by atoms with E-state index in [0.29, 0.717) is 6.04 Å². The highest BCUT2D eigenvalue weighted by Gasteiger charge is 2.22. The zero-order chi connectivity index (χ0) is 11.4. The zero-order valence-corrected chi connectivity index (χ0v) is 10.3. The van der Waals surface area contributed by atoms with Crippen LogP contribution in [0.15, 0.2) is 30.3 Å². The van der Waals surface area contributed by atoms with Crippen molar-refractivity contribution < 1.29 is 0 Å². The van der Waals surface area contributed by atoms with Crippen molar-refractivity contribution in [3.8, 4) is 0 Å². The molecule has 0 radical (unpaired) electrons. The smallest absolute Gasteiger partial charge is 0.0319 e. The molecule has 1 heterocycles. The van der Waals surface area contributed by atoms with Gasteiger partial charge in [0.15, 0.2) is 0 Å². The number of hydrogen-bond donors (Lipinski definition) is 1. The van der Waals surface area contributed by atoms with Crippen LogP contribution in [0, 0.1) is 0 Å². The third-order valence-electron chi connectivity index (χ3n) is 3.78. The highest BCUT2D eigenvalue weighted by atomic mass is 15.2. The Morgan fingerprint density at radius 3 is 2.44 bits per heavy atom. The summed E-state index contributed by atoms with van der Waals surface area (Å²) in [5.41, 5.74) is 1.42. The quantitative estimate of drug-likeness (QED) is 0.838. The summed E-state index contributed by atoms with van der Waals surface area (Å²) in [6, 6.07) is 12.0. The Kier molecular flexibility index (Phi) is 3.97. The molecule has 0 amide bonds. The van der Waals surface area contributed by atoms with Gasteiger partial charge in [-0.15, -0.1) is 0 Å². The molecule has 1 aromatic rings. The van der Waals surface area contributed by atoms with E-state index in [2.05, 4.69) is 54.5 Å². The summed E-state index contributed by atoms with van der Waals surface area (Å²) in [6.07, 6.45) is 2.54. The van der Waals surface area contributed by atoms with Gasteiger partial charge in [0.05, 0.1) is 0 Å². The van der Waals surface area contributed by atoms with Crippen LogP contribution in [0.5, 0.6) is 0 Å². The topological polar surface area (TPSA) is 15.3 Å². The molecule has 0 bridgehead atoms. The van der Waals surface area contributed by atoms with Gasteiger partial charge >= 0.3 is 0 Å². The second kappa shape index (κ2) is 5.46. The molecule has 0 spiro atoms. The largest absolute Gasteiger partial charge is 0.317 e. The summed E-state index contributed by atoms with van der Waals surface area (Å²) in [4.78, 5) is 2.52. The summed E-state index contributed by atoms with van der Waals surface area (Å²) in [5.74, 6) is 0. The molecule has 1 N–H and O–H groups in total. The Balaban J connectivity index is 2.00. The van der Waals surface area contributed by atoms with Crippen molar-refractivity contribution >= 4 is 0 Å². The summed E-state index contributed by atoms with van der Waals surface area (Å²) in [5, 5.41) is 3.42. The van der Waals surface area contributed by atoms with E-state index in [0.717, 1.165) is 19.1 Å². The van der Waals surface area contributed by atoms with Crippen molar-refractivity contribution in [2.24, 2.45) is 0 Å². The van der Waals surface area contributed by atoms with Gasteiger partial charge in [-0.2, -0.15) is 0 Å². The van der Waals surface area contributed by atoms with Crippen molar-refractivity contribution in [1.29, 1.82) is 0 Å². The van der Waals surface area contributed by atoms with E-state index < -0.39 is 0 Å². The summed E-state index contributed by atoms with van der Waals surface area (Å²) < 4.78 is 0. The van der Waals surface area contributed by atoms with Gasteiger partial charge in [0, 0.05) is 12.1 Å². The van der Waals surface area contributed by atoms with Crippen LogP contribution in [0.1, 0.15) is 31.4 Å². The predicted molar refractivity (Wildman–Crippen MR) is 68.5 cm³/mol. The Morgan fingerprint density at radius 1 is 1.19 bits per heavy atom. The molecule has 16 heavy (non-hydrogen) atoms. The molecule has 0 saturated carbocycles. The van der Waals surface area contributed by atoms with Crippen LogP contribution >= 0.6 is 0 Å². The average molecular weight is 218 g/mol. The van der Waals surface area contributed by atoms with Gasteiger partial charge in [-0.1, -0.05) is 30.3 Å². The maximum Gasteiger partial charge on any atom is 0.0319 e. The number of benzene rings is 1. The van der Waals surface area contributed by atoms with E-state index in [1.54, 1.807) is 0 Å². The lowest BCUT2D eigenvalue weighted by molar-refractivity contribution is 0.152. The molecule has 88 valence electrons. The van der Waals surface area contributed by atoms with Crippen LogP contribution in [-0.4, -0.2) is 31.1 Å². The maximum atomic E-state index is 3.42. The molecular weight excluding hydrogens is 196 g/mol. The first-order chi connectivity index (χ1) is 7.79. The SMILES string of the molecule is CC(c1ccccc1)N(C)C1CCNCC1. The molecule has 1 atom stereocenters. The third kappa shape index (κ3) is 2.63. The van der Waals surface area contributed by atoms with Crippen molar-refractivity contribution in [3.63, 3.8) is 0 Å². The van der Waals surface area contributed by atoms with Crippen LogP contribution in [0.3, 0.4) is 0 Å². The minimum atomic E-state index is 0.518. The van der Waals surface area contributed by atoms with Crippen LogP contribution in [-0.2, 0) is 0 Å². The molecule has 2 nitrogen and oxygen atoms in total. The van der Waals surface area contributed by atoms with E-state index in [9.17, 15) is 0 Å². The van der Waals surface area contributed by atoms with Crippen molar-refractivity contribution in [2.45, 2.75) is 31.8 Å². The van der Waals surface area contributed by atoms with Crippen molar-refractivity contribution in [1.82, 2.24) is 10.2 Å². The standard InChI is InChI=1S/C14H22N2/c1-12(13-6-4-3-5-7-13)16(2)14-8-10-15-11-9-14/h3-7,12,14-15H,8-11H2,1-2H3. The fourth-order valence-corrected chi connectivity index (χ4v) is 2.50. The Bertz CT molecular complexity index is 304.